The van der Waals surface area contributed by atoms with E-state index in [9.17, 15) is 43.7 Å². The number of hydrogen-bond acceptors (Lipinski definition) is 7. The molecule has 14 heteroatoms. The number of alkyl halides is 3. The number of carbonyl (C=O) groups is 5. The van der Waals surface area contributed by atoms with E-state index >= 15 is 0 Å². The summed E-state index contributed by atoms with van der Waals surface area (Å²) in [5.74, 6) is -10.6. The summed E-state index contributed by atoms with van der Waals surface area (Å²) >= 11 is 17.3. The van der Waals surface area contributed by atoms with Crippen molar-refractivity contribution in [3.8, 4) is 11.5 Å². The molecule has 6 atom stereocenters. The van der Waals surface area contributed by atoms with Crippen LogP contribution in [0.1, 0.15) is 34.7 Å². The van der Waals surface area contributed by atoms with Crippen molar-refractivity contribution >= 4 is 74.4 Å². The summed E-state index contributed by atoms with van der Waals surface area (Å²) in [6, 6.07) is 6.74. The quantitative estimate of drug-likeness (QED) is 0.191. The van der Waals surface area contributed by atoms with Gasteiger partial charge in [-0.15, -0.1) is 23.2 Å². The summed E-state index contributed by atoms with van der Waals surface area (Å²) in [4.78, 5) is 63.7. The summed E-state index contributed by atoms with van der Waals surface area (Å²) in [7, 11) is 0. The van der Waals surface area contributed by atoms with Gasteiger partial charge in [0.15, 0.2) is 21.3 Å². The van der Waals surface area contributed by atoms with Crippen LogP contribution in [0.2, 0.25) is 0 Å². The van der Waals surface area contributed by atoms with Crippen LogP contribution in [0.5, 0.6) is 11.5 Å². The first-order valence-electron chi connectivity index (χ1n) is 12.7. The fraction of sp³-hybridized carbons (Fsp3) is 0.321. The third-order valence-electron chi connectivity index (χ3n) is 8.79. The van der Waals surface area contributed by atoms with Crippen molar-refractivity contribution < 1.29 is 43.7 Å². The second-order valence-electron chi connectivity index (χ2n) is 10.7. The molecule has 2 aromatic carbocycles. The lowest BCUT2D eigenvalue weighted by Crippen LogP contribution is -2.60. The van der Waals surface area contributed by atoms with Gasteiger partial charge in [-0.1, -0.05) is 33.6 Å². The number of amides is 4. The predicted octanol–water partition coefficient (Wildman–Crippen LogP) is 3.85. The minimum absolute atomic E-state index is 0.0405. The fourth-order valence-electron chi connectivity index (χ4n) is 6.92. The molecule has 218 valence electrons. The summed E-state index contributed by atoms with van der Waals surface area (Å²) in [6.45, 7) is 0. The Bertz CT molecular complexity index is 1670. The number of aromatic hydroxyl groups is 2. The Balaban J connectivity index is 1.49. The minimum Gasteiger partial charge on any atom is -0.507 e. The summed E-state index contributed by atoms with van der Waals surface area (Å²) in [5.41, 5.74) is -0.112. The lowest BCUT2D eigenvalue weighted by atomic mass is 9.56. The van der Waals surface area contributed by atoms with E-state index in [4.69, 9.17) is 23.2 Å². The van der Waals surface area contributed by atoms with Crippen molar-refractivity contribution in [2.75, 3.05) is 10.4 Å². The lowest BCUT2D eigenvalue weighted by Gasteiger charge is -2.50. The minimum atomic E-state index is -2.12. The van der Waals surface area contributed by atoms with E-state index < -0.39 is 85.9 Å². The SMILES string of the molecule is O=C(O)c1ccc(N2C(=O)C3CC=C4C(CC5(Cl)C(=O)N(CBr)C(=O)C5(Cl)C4c4ccc(O)c(F)c4)C3C2=O)cc1O. The maximum atomic E-state index is 14.6. The van der Waals surface area contributed by atoms with Crippen LogP contribution < -0.4 is 4.90 Å². The number of phenols is 2. The molecule has 4 amide bonds. The molecule has 0 bridgehead atoms. The Morgan fingerprint density at radius 2 is 1.71 bits per heavy atom. The Hall–Kier alpha value is -3.48. The molecular weight excluding hydrogens is 662 g/mol. The molecule has 2 heterocycles. The van der Waals surface area contributed by atoms with Crippen molar-refractivity contribution in [3.63, 3.8) is 0 Å². The zero-order chi connectivity index (χ0) is 30.5. The molecule has 2 aliphatic heterocycles. The number of carbonyl (C=O) groups excluding carboxylic acids is 4. The number of benzene rings is 2. The molecule has 6 unspecified atom stereocenters. The molecule has 10 nitrogen and oxygen atoms in total. The fourth-order valence-corrected chi connectivity index (χ4v) is 8.35. The summed E-state index contributed by atoms with van der Waals surface area (Å²) in [5, 5.41) is 29.3. The highest BCUT2D eigenvalue weighted by molar-refractivity contribution is 9.09. The van der Waals surface area contributed by atoms with Gasteiger partial charge < -0.3 is 15.3 Å². The molecule has 2 aliphatic carbocycles. The normalized spacial score (nSPS) is 32.0. The topological polar surface area (TPSA) is 153 Å². The van der Waals surface area contributed by atoms with Gasteiger partial charge in [-0.05, 0) is 48.6 Å². The van der Waals surface area contributed by atoms with Gasteiger partial charge in [-0.3, -0.25) is 24.1 Å². The molecule has 0 aromatic heterocycles. The van der Waals surface area contributed by atoms with Gasteiger partial charge in [0, 0.05) is 12.0 Å². The number of carboxylic acid groups (broad SMARTS) is 1. The monoisotopic (exact) mass is 680 g/mol. The van der Waals surface area contributed by atoms with Crippen molar-refractivity contribution in [2.24, 2.45) is 17.8 Å². The van der Waals surface area contributed by atoms with E-state index in [1.54, 1.807) is 6.08 Å². The standard InChI is InChI=1S/C28H20BrCl2FN2O8/c29-10-33-25(41)27(30)9-16-13(21(28(27,31)26(33)42)11-1-6-18(35)17(32)7-11)4-5-15-20(16)23(38)34(22(15)37)12-2-3-14(24(39)40)19(36)8-12/h1-4,6-8,15-16,20-21,35-36H,5,9-10H2,(H,39,40). The van der Waals surface area contributed by atoms with Crippen LogP contribution in [0, 0.1) is 23.6 Å². The molecule has 3 fully saturated rings. The van der Waals surface area contributed by atoms with Crippen LogP contribution in [0.15, 0.2) is 48.0 Å². The van der Waals surface area contributed by atoms with E-state index in [1.807, 2.05) is 0 Å². The van der Waals surface area contributed by atoms with Gasteiger partial charge in [0.1, 0.15) is 11.3 Å². The van der Waals surface area contributed by atoms with Crippen LogP contribution in [-0.4, -0.2) is 65.0 Å². The van der Waals surface area contributed by atoms with Crippen molar-refractivity contribution in [3.05, 3.63) is 65.0 Å². The number of anilines is 1. The predicted molar refractivity (Wildman–Crippen MR) is 149 cm³/mol. The molecule has 0 spiro atoms. The Labute approximate surface area is 255 Å². The number of hydrogen-bond donors (Lipinski definition) is 3. The first-order valence-corrected chi connectivity index (χ1v) is 14.6. The second-order valence-corrected chi connectivity index (χ2v) is 12.5. The molecule has 0 radical (unpaired) electrons. The number of imide groups is 2. The van der Waals surface area contributed by atoms with Crippen LogP contribution >= 0.6 is 39.1 Å². The van der Waals surface area contributed by atoms with Gasteiger partial charge in [0.05, 0.1) is 23.0 Å². The molecule has 2 saturated heterocycles. The first-order chi connectivity index (χ1) is 19.8. The van der Waals surface area contributed by atoms with Crippen LogP contribution in [0.25, 0.3) is 0 Å². The summed E-state index contributed by atoms with van der Waals surface area (Å²) < 4.78 is 14.6. The Morgan fingerprint density at radius 3 is 2.33 bits per heavy atom. The van der Waals surface area contributed by atoms with Gasteiger partial charge in [-0.2, -0.15) is 0 Å². The number of nitrogens with zero attached hydrogens (tertiary/aromatic N) is 2. The van der Waals surface area contributed by atoms with Crippen LogP contribution in [0.3, 0.4) is 0 Å². The number of halogens is 4. The smallest absolute Gasteiger partial charge is 0.339 e. The largest absolute Gasteiger partial charge is 0.507 e. The Morgan fingerprint density at radius 1 is 1.00 bits per heavy atom. The Kier molecular flexibility index (Phi) is 6.49. The number of carboxylic acids is 1. The van der Waals surface area contributed by atoms with E-state index in [2.05, 4.69) is 15.9 Å². The zero-order valence-electron chi connectivity index (χ0n) is 21.3. The third kappa shape index (κ3) is 3.58. The maximum Gasteiger partial charge on any atom is 0.339 e. The first kappa shape index (κ1) is 28.6. The second kappa shape index (κ2) is 9.51. The lowest BCUT2D eigenvalue weighted by molar-refractivity contribution is -0.138. The molecule has 4 aliphatic rings. The van der Waals surface area contributed by atoms with E-state index in [0.717, 1.165) is 34.1 Å². The summed E-state index contributed by atoms with van der Waals surface area (Å²) in [6.07, 6.45) is 1.42. The highest BCUT2D eigenvalue weighted by atomic mass is 79.9. The molecule has 1 saturated carbocycles. The van der Waals surface area contributed by atoms with Crippen LogP contribution in [0.4, 0.5) is 10.1 Å². The average Bonchev–Trinajstić information content (AvgIpc) is 3.27. The molecule has 6 rings (SSSR count). The van der Waals surface area contributed by atoms with Crippen molar-refractivity contribution in [1.82, 2.24) is 4.90 Å². The van der Waals surface area contributed by atoms with Crippen molar-refractivity contribution in [1.29, 1.82) is 0 Å². The number of phenolic OH excluding ortho intramolecular Hbond substituents is 1. The average molecular weight is 682 g/mol. The maximum absolute atomic E-state index is 14.6. The molecule has 2 aromatic rings. The van der Waals surface area contributed by atoms with E-state index in [-0.39, 0.29) is 29.5 Å². The zero-order valence-corrected chi connectivity index (χ0v) is 24.4. The third-order valence-corrected chi connectivity index (χ3v) is 10.7. The van der Waals surface area contributed by atoms with Gasteiger partial charge >= 0.3 is 5.97 Å². The number of likely N-dealkylation sites (tertiary alicyclic amines) is 1. The molecule has 42 heavy (non-hydrogen) atoms. The number of rotatable bonds is 4. The van der Waals surface area contributed by atoms with E-state index in [1.165, 1.54) is 12.1 Å². The molecule has 3 N–H and O–H groups in total. The number of aromatic carboxylic acids is 1. The highest BCUT2D eigenvalue weighted by Gasteiger charge is 2.76. The number of allylic oxidation sites excluding steroid dienone is 2. The van der Waals surface area contributed by atoms with Crippen LogP contribution in [-0.2, 0) is 19.2 Å². The van der Waals surface area contributed by atoms with Gasteiger partial charge in [-0.25, -0.2) is 14.1 Å². The van der Waals surface area contributed by atoms with Gasteiger partial charge in [0.25, 0.3) is 11.8 Å². The van der Waals surface area contributed by atoms with Crippen molar-refractivity contribution in [2.45, 2.75) is 28.5 Å². The highest BCUT2D eigenvalue weighted by Crippen LogP contribution is 2.65. The van der Waals surface area contributed by atoms with Gasteiger partial charge in [0.2, 0.25) is 11.8 Å². The molecular formula is C28H20BrCl2FN2O8. The van der Waals surface area contributed by atoms with E-state index in [0.29, 0.717) is 5.57 Å². The number of fused-ring (bicyclic) bond motifs is 4.